The van der Waals surface area contributed by atoms with E-state index in [0.29, 0.717) is 19.1 Å². The van der Waals surface area contributed by atoms with Crippen molar-refractivity contribution in [2.24, 2.45) is 5.92 Å². The van der Waals surface area contributed by atoms with Gasteiger partial charge < -0.3 is 14.9 Å². The van der Waals surface area contributed by atoms with E-state index in [1.807, 2.05) is 4.90 Å². The van der Waals surface area contributed by atoms with Crippen molar-refractivity contribution in [3.63, 3.8) is 0 Å². The minimum absolute atomic E-state index is 0.0845. The number of carboxylic acid groups (broad SMARTS) is 1. The van der Waals surface area contributed by atoms with Crippen LogP contribution in [0.5, 0.6) is 0 Å². The van der Waals surface area contributed by atoms with E-state index in [1.165, 1.54) is 0 Å². The Labute approximate surface area is 120 Å². The number of likely N-dealkylation sites (N-methyl/N-ethyl adjacent to an activating group) is 1. The number of rotatable bonds is 5. The van der Waals surface area contributed by atoms with Crippen LogP contribution < -0.4 is 0 Å². The molecule has 114 valence electrons. The van der Waals surface area contributed by atoms with Gasteiger partial charge in [-0.05, 0) is 19.5 Å². The summed E-state index contributed by atoms with van der Waals surface area (Å²) in [4.78, 5) is 29.0. The number of carbonyl (C=O) groups excluding carboxylic acids is 1. The van der Waals surface area contributed by atoms with Gasteiger partial charge >= 0.3 is 12.0 Å². The fraction of sp³-hybridized carbons (Fsp3) is 0.857. The van der Waals surface area contributed by atoms with Gasteiger partial charge in [0.2, 0.25) is 0 Å². The van der Waals surface area contributed by atoms with Crippen molar-refractivity contribution in [1.29, 1.82) is 0 Å². The van der Waals surface area contributed by atoms with Crippen LogP contribution in [0, 0.1) is 5.92 Å². The van der Waals surface area contributed by atoms with Gasteiger partial charge in [-0.3, -0.25) is 9.69 Å². The van der Waals surface area contributed by atoms with Crippen LogP contribution in [-0.2, 0) is 4.79 Å². The first-order valence-corrected chi connectivity index (χ1v) is 7.54. The Morgan fingerprint density at radius 3 is 2.35 bits per heavy atom. The van der Waals surface area contributed by atoms with Gasteiger partial charge in [0.1, 0.15) is 0 Å². The molecule has 1 N–H and O–H groups in total. The Kier molecular flexibility index (Phi) is 4.86. The average molecular weight is 283 g/mol. The van der Waals surface area contributed by atoms with Gasteiger partial charge in [0, 0.05) is 38.1 Å². The van der Waals surface area contributed by atoms with Crippen LogP contribution >= 0.6 is 0 Å². The van der Waals surface area contributed by atoms with E-state index in [-0.39, 0.29) is 18.4 Å². The van der Waals surface area contributed by atoms with Crippen LogP contribution in [0.1, 0.15) is 26.7 Å². The quantitative estimate of drug-likeness (QED) is 0.815. The zero-order valence-corrected chi connectivity index (χ0v) is 12.4. The Morgan fingerprint density at radius 2 is 1.80 bits per heavy atom. The fourth-order valence-corrected chi connectivity index (χ4v) is 3.26. The first-order chi connectivity index (χ1) is 9.55. The number of urea groups is 1. The summed E-state index contributed by atoms with van der Waals surface area (Å²) in [5.41, 5.74) is 0. The molecule has 0 aliphatic carbocycles. The minimum Gasteiger partial charge on any atom is -0.481 e. The third kappa shape index (κ3) is 3.23. The summed E-state index contributed by atoms with van der Waals surface area (Å²) in [5.74, 6) is -0.637. The predicted octanol–water partition coefficient (Wildman–Crippen LogP) is 0.929. The zero-order chi connectivity index (χ0) is 14.7. The molecule has 2 aliphatic heterocycles. The molecule has 2 rings (SSSR count). The van der Waals surface area contributed by atoms with Crippen molar-refractivity contribution in [3.8, 4) is 0 Å². The van der Waals surface area contributed by atoms with Crippen molar-refractivity contribution in [2.45, 2.75) is 32.7 Å². The molecule has 1 unspecified atom stereocenters. The number of likely N-dealkylation sites (tertiary alicyclic amines) is 2. The molecule has 20 heavy (non-hydrogen) atoms. The molecule has 2 heterocycles. The third-order valence-electron chi connectivity index (χ3n) is 4.45. The van der Waals surface area contributed by atoms with Gasteiger partial charge in [-0.2, -0.15) is 0 Å². The lowest BCUT2D eigenvalue weighted by atomic mass is 9.97. The highest BCUT2D eigenvalue weighted by Gasteiger charge is 2.37. The monoisotopic (exact) mass is 283 g/mol. The molecule has 0 bridgehead atoms. The van der Waals surface area contributed by atoms with Gasteiger partial charge in [0.05, 0.1) is 6.42 Å². The van der Waals surface area contributed by atoms with E-state index in [2.05, 4.69) is 18.7 Å². The minimum atomic E-state index is -0.773. The summed E-state index contributed by atoms with van der Waals surface area (Å²) in [6.45, 7) is 9.16. The number of nitrogens with zero attached hydrogens (tertiary/aromatic N) is 3. The van der Waals surface area contributed by atoms with Gasteiger partial charge in [0.15, 0.2) is 0 Å². The van der Waals surface area contributed by atoms with Crippen LogP contribution in [0.25, 0.3) is 0 Å². The highest BCUT2D eigenvalue weighted by atomic mass is 16.4. The van der Waals surface area contributed by atoms with E-state index >= 15 is 0 Å². The molecule has 6 nitrogen and oxygen atoms in total. The van der Waals surface area contributed by atoms with Crippen molar-refractivity contribution < 1.29 is 14.7 Å². The topological polar surface area (TPSA) is 64.1 Å². The normalized spacial score (nSPS) is 23.2. The number of hydrogen-bond acceptors (Lipinski definition) is 3. The lowest BCUT2D eigenvalue weighted by Crippen LogP contribution is -2.55. The molecule has 0 radical (unpaired) electrons. The SMILES string of the molecule is CCN(CC)C1CCN(C(=O)N2CC(CC(=O)O)C2)C1. The summed E-state index contributed by atoms with van der Waals surface area (Å²) >= 11 is 0. The van der Waals surface area contributed by atoms with Crippen LogP contribution in [0.2, 0.25) is 0 Å². The molecule has 2 aliphatic rings. The second-order valence-electron chi connectivity index (χ2n) is 5.76. The molecule has 2 amide bonds. The van der Waals surface area contributed by atoms with Crippen molar-refractivity contribution in [3.05, 3.63) is 0 Å². The first-order valence-electron chi connectivity index (χ1n) is 7.54. The maximum atomic E-state index is 12.3. The highest BCUT2D eigenvalue weighted by Crippen LogP contribution is 2.23. The van der Waals surface area contributed by atoms with Crippen molar-refractivity contribution >= 4 is 12.0 Å². The van der Waals surface area contributed by atoms with Gasteiger partial charge in [-0.1, -0.05) is 13.8 Å². The number of amides is 2. The molecule has 1 atom stereocenters. The summed E-state index contributed by atoms with van der Waals surface area (Å²) in [7, 11) is 0. The molecule has 2 fully saturated rings. The van der Waals surface area contributed by atoms with Crippen LogP contribution in [0.4, 0.5) is 4.79 Å². The maximum Gasteiger partial charge on any atom is 0.320 e. The molecule has 2 saturated heterocycles. The number of aliphatic carboxylic acids is 1. The molecular weight excluding hydrogens is 258 g/mol. The summed E-state index contributed by atoms with van der Waals surface area (Å²) in [6.07, 6.45) is 1.21. The molecule has 6 heteroatoms. The summed E-state index contributed by atoms with van der Waals surface area (Å²) in [6, 6.07) is 0.561. The summed E-state index contributed by atoms with van der Waals surface area (Å²) in [5, 5.41) is 8.72. The van der Waals surface area contributed by atoms with Crippen LogP contribution in [-0.4, -0.2) is 77.1 Å². The Morgan fingerprint density at radius 1 is 1.15 bits per heavy atom. The number of hydrogen-bond donors (Lipinski definition) is 1. The summed E-state index contributed by atoms with van der Waals surface area (Å²) < 4.78 is 0. The highest BCUT2D eigenvalue weighted by molar-refractivity contribution is 5.76. The molecule has 0 aromatic rings. The largest absolute Gasteiger partial charge is 0.481 e. The second kappa shape index (κ2) is 6.43. The molecule has 0 aromatic heterocycles. The maximum absolute atomic E-state index is 12.3. The molecule has 0 aromatic carbocycles. The molecule has 0 spiro atoms. The standard InChI is InChI=1S/C14H25N3O3/c1-3-15(4-2)12-5-6-16(10-12)14(20)17-8-11(9-17)7-13(18)19/h11-12H,3-10H2,1-2H3,(H,18,19). The van der Waals surface area contributed by atoms with Crippen molar-refractivity contribution in [2.75, 3.05) is 39.3 Å². The van der Waals surface area contributed by atoms with E-state index in [1.54, 1.807) is 4.90 Å². The van der Waals surface area contributed by atoms with Gasteiger partial charge in [-0.15, -0.1) is 0 Å². The van der Waals surface area contributed by atoms with Crippen molar-refractivity contribution in [1.82, 2.24) is 14.7 Å². The third-order valence-corrected chi connectivity index (χ3v) is 4.45. The second-order valence-corrected chi connectivity index (χ2v) is 5.76. The Balaban J connectivity index is 1.77. The van der Waals surface area contributed by atoms with Gasteiger partial charge in [-0.25, -0.2) is 4.79 Å². The fourth-order valence-electron chi connectivity index (χ4n) is 3.26. The Hall–Kier alpha value is -1.30. The molecule has 0 saturated carbocycles. The van der Waals surface area contributed by atoms with E-state index in [0.717, 1.165) is 32.6 Å². The average Bonchev–Trinajstić information content (AvgIpc) is 2.83. The smallest absolute Gasteiger partial charge is 0.320 e. The predicted molar refractivity (Wildman–Crippen MR) is 75.6 cm³/mol. The lowest BCUT2D eigenvalue weighted by Gasteiger charge is -2.40. The lowest BCUT2D eigenvalue weighted by molar-refractivity contribution is -0.139. The van der Waals surface area contributed by atoms with Gasteiger partial charge in [0.25, 0.3) is 0 Å². The van der Waals surface area contributed by atoms with E-state index in [9.17, 15) is 9.59 Å². The van der Waals surface area contributed by atoms with E-state index < -0.39 is 5.97 Å². The van der Waals surface area contributed by atoms with Crippen LogP contribution in [0.15, 0.2) is 0 Å². The molecular formula is C14H25N3O3. The number of carboxylic acids is 1. The number of carbonyl (C=O) groups is 2. The van der Waals surface area contributed by atoms with E-state index in [4.69, 9.17) is 5.11 Å². The van der Waals surface area contributed by atoms with Crippen LogP contribution in [0.3, 0.4) is 0 Å². The Bertz CT molecular complexity index is 365. The first kappa shape index (κ1) is 15.1. The zero-order valence-electron chi connectivity index (χ0n) is 12.4.